The second-order valence-electron chi connectivity index (χ2n) is 8.09. The molecule has 3 heterocycles. The molecular weight excluding hydrogens is 464 g/mol. The molecule has 1 N–H and O–H groups in total. The summed E-state index contributed by atoms with van der Waals surface area (Å²) in [7, 11) is -3.40. The maximum Gasteiger partial charge on any atom is 0.257 e. The Morgan fingerprint density at radius 2 is 1.94 bits per heavy atom. The first-order valence-corrected chi connectivity index (χ1v) is 14.1. The van der Waals surface area contributed by atoms with Crippen molar-refractivity contribution in [2.75, 3.05) is 47.1 Å². The molecule has 2 aromatic carbocycles. The largest absolute Gasteiger partial charge is 0.322 e. The van der Waals surface area contributed by atoms with Crippen LogP contribution in [0.1, 0.15) is 21.5 Å². The zero-order valence-electron chi connectivity index (χ0n) is 17.7. The molecule has 10 heteroatoms. The number of carbonyl (C=O) groups is 1. The number of benzene rings is 2. The number of hydrogen-bond acceptors (Lipinski definition) is 7. The molecule has 0 atom stereocenters. The highest BCUT2D eigenvalue weighted by molar-refractivity contribution is 8.15. The van der Waals surface area contributed by atoms with Crippen LogP contribution >= 0.6 is 23.5 Å². The highest BCUT2D eigenvalue weighted by Gasteiger charge is 2.33. The standard InChI is InChI=1S/C22H24N4O3S3/c1-15-2-3-16(14-25-6-9-30-10-7-25)12-18(15)23-21(27)17-4-5-19-20(13-17)31-22-24-32(28,29)11-8-26(19)22/h2-5,12-13H,6-11,14H2,1H3,(H,23,27). The van der Waals surface area contributed by atoms with Gasteiger partial charge >= 0.3 is 0 Å². The Morgan fingerprint density at radius 1 is 1.12 bits per heavy atom. The molecule has 0 aliphatic carbocycles. The number of thioether (sulfide) groups is 2. The van der Waals surface area contributed by atoms with Crippen LogP contribution in [-0.2, 0) is 16.6 Å². The van der Waals surface area contributed by atoms with E-state index in [0.717, 1.165) is 41.5 Å². The Bertz CT molecular complexity index is 1210. The van der Waals surface area contributed by atoms with Crippen LogP contribution in [0.3, 0.4) is 0 Å². The Kier molecular flexibility index (Phi) is 5.96. The van der Waals surface area contributed by atoms with Crippen LogP contribution in [0.4, 0.5) is 11.4 Å². The van der Waals surface area contributed by atoms with Gasteiger partial charge in [-0.05, 0) is 54.1 Å². The van der Waals surface area contributed by atoms with Crippen LogP contribution in [0.25, 0.3) is 0 Å². The molecule has 0 aromatic heterocycles. The summed E-state index contributed by atoms with van der Waals surface area (Å²) in [5, 5.41) is 3.52. The number of amidine groups is 1. The van der Waals surface area contributed by atoms with E-state index in [0.29, 0.717) is 17.3 Å². The van der Waals surface area contributed by atoms with Gasteiger partial charge in [-0.25, -0.2) is 8.42 Å². The lowest BCUT2D eigenvalue weighted by molar-refractivity contribution is 0.102. The molecule has 0 radical (unpaired) electrons. The summed E-state index contributed by atoms with van der Waals surface area (Å²) in [6.07, 6.45) is 0. The number of amides is 1. The zero-order chi connectivity index (χ0) is 22.3. The first kappa shape index (κ1) is 21.8. The summed E-state index contributed by atoms with van der Waals surface area (Å²) < 4.78 is 27.5. The molecule has 3 aliphatic rings. The van der Waals surface area contributed by atoms with Crippen molar-refractivity contribution in [2.24, 2.45) is 4.40 Å². The van der Waals surface area contributed by atoms with E-state index in [1.165, 1.54) is 28.8 Å². The first-order valence-electron chi connectivity index (χ1n) is 10.5. The van der Waals surface area contributed by atoms with Crippen LogP contribution in [0.15, 0.2) is 45.7 Å². The zero-order valence-corrected chi connectivity index (χ0v) is 20.2. The smallest absolute Gasteiger partial charge is 0.257 e. The number of sulfonamides is 1. The van der Waals surface area contributed by atoms with E-state index in [1.54, 1.807) is 6.07 Å². The van der Waals surface area contributed by atoms with E-state index in [-0.39, 0.29) is 11.7 Å². The quantitative estimate of drug-likeness (QED) is 0.706. The van der Waals surface area contributed by atoms with E-state index < -0.39 is 10.0 Å². The predicted octanol–water partition coefficient (Wildman–Crippen LogP) is 3.41. The molecule has 32 heavy (non-hydrogen) atoms. The minimum absolute atomic E-state index is 0.00458. The Hall–Kier alpha value is -2.01. The van der Waals surface area contributed by atoms with E-state index in [4.69, 9.17) is 0 Å². The Labute approximate surface area is 196 Å². The number of rotatable bonds is 4. The number of nitrogens with zero attached hydrogens (tertiary/aromatic N) is 3. The molecule has 0 bridgehead atoms. The van der Waals surface area contributed by atoms with Gasteiger partial charge in [-0.15, -0.1) is 4.40 Å². The fourth-order valence-electron chi connectivity index (χ4n) is 3.99. The molecular formula is C22H24N4O3S3. The van der Waals surface area contributed by atoms with E-state index in [1.807, 2.05) is 35.7 Å². The summed E-state index contributed by atoms with van der Waals surface area (Å²) >= 11 is 3.29. The highest BCUT2D eigenvalue weighted by Crippen LogP contribution is 2.42. The maximum atomic E-state index is 13.0. The SMILES string of the molecule is Cc1ccc(CN2CCSCC2)cc1NC(=O)c1ccc2c(c1)SC1=NS(=O)(=O)CCN12. The predicted molar refractivity (Wildman–Crippen MR) is 133 cm³/mol. The molecule has 1 saturated heterocycles. The normalized spacial score (nSPS) is 19.8. The maximum absolute atomic E-state index is 13.0. The molecule has 2 aromatic rings. The average molecular weight is 489 g/mol. The number of carbonyl (C=O) groups excluding carboxylic acids is 1. The minimum Gasteiger partial charge on any atom is -0.322 e. The van der Waals surface area contributed by atoms with Crippen LogP contribution in [0.2, 0.25) is 0 Å². The van der Waals surface area contributed by atoms with Crippen molar-refractivity contribution in [3.8, 4) is 0 Å². The summed E-state index contributed by atoms with van der Waals surface area (Å²) in [6.45, 7) is 5.45. The minimum atomic E-state index is -3.40. The molecule has 0 unspecified atom stereocenters. The Morgan fingerprint density at radius 3 is 2.75 bits per heavy atom. The molecule has 1 fully saturated rings. The van der Waals surface area contributed by atoms with Gasteiger partial charge in [0.1, 0.15) is 0 Å². The molecule has 168 valence electrons. The third-order valence-electron chi connectivity index (χ3n) is 5.80. The highest BCUT2D eigenvalue weighted by atomic mass is 32.2. The lowest BCUT2D eigenvalue weighted by atomic mass is 10.1. The molecule has 0 saturated carbocycles. The van der Waals surface area contributed by atoms with Crippen molar-refractivity contribution in [1.29, 1.82) is 0 Å². The van der Waals surface area contributed by atoms with Gasteiger partial charge in [0.25, 0.3) is 15.9 Å². The van der Waals surface area contributed by atoms with Gasteiger partial charge in [0.15, 0.2) is 5.17 Å². The van der Waals surface area contributed by atoms with Gasteiger partial charge in [-0.2, -0.15) is 11.8 Å². The van der Waals surface area contributed by atoms with Crippen molar-refractivity contribution in [1.82, 2.24) is 4.90 Å². The number of hydrogen-bond donors (Lipinski definition) is 1. The van der Waals surface area contributed by atoms with Crippen LogP contribution in [-0.4, -0.2) is 61.3 Å². The number of nitrogens with one attached hydrogen (secondary N) is 1. The molecule has 0 spiro atoms. The fraction of sp³-hybridized carbons (Fsp3) is 0.364. The van der Waals surface area contributed by atoms with E-state index >= 15 is 0 Å². The summed E-state index contributed by atoms with van der Waals surface area (Å²) in [5.74, 6) is 2.16. The van der Waals surface area contributed by atoms with Crippen molar-refractivity contribution in [2.45, 2.75) is 18.4 Å². The van der Waals surface area contributed by atoms with E-state index in [9.17, 15) is 13.2 Å². The monoisotopic (exact) mass is 488 g/mol. The molecule has 5 rings (SSSR count). The second kappa shape index (κ2) is 8.74. The number of anilines is 2. The average Bonchev–Trinajstić information content (AvgIpc) is 3.12. The fourth-order valence-corrected chi connectivity index (χ4v) is 7.26. The lowest BCUT2D eigenvalue weighted by Crippen LogP contribution is -2.35. The van der Waals surface area contributed by atoms with Crippen molar-refractivity contribution < 1.29 is 13.2 Å². The third kappa shape index (κ3) is 4.54. The van der Waals surface area contributed by atoms with Gasteiger partial charge < -0.3 is 10.2 Å². The van der Waals surface area contributed by atoms with Crippen molar-refractivity contribution in [3.63, 3.8) is 0 Å². The number of aryl methyl sites for hydroxylation is 1. The van der Waals surface area contributed by atoms with Crippen LogP contribution < -0.4 is 10.2 Å². The first-order chi connectivity index (χ1) is 15.4. The lowest BCUT2D eigenvalue weighted by Gasteiger charge is -2.26. The van der Waals surface area contributed by atoms with Gasteiger partial charge in [0, 0.05) is 53.8 Å². The second-order valence-corrected chi connectivity index (χ2v) is 12.1. The van der Waals surface area contributed by atoms with Gasteiger partial charge in [-0.1, -0.05) is 12.1 Å². The number of fused-ring (bicyclic) bond motifs is 3. The van der Waals surface area contributed by atoms with Crippen molar-refractivity contribution in [3.05, 3.63) is 53.1 Å². The van der Waals surface area contributed by atoms with Gasteiger partial charge in [-0.3, -0.25) is 9.69 Å². The van der Waals surface area contributed by atoms with Gasteiger partial charge in [0.2, 0.25) is 0 Å². The van der Waals surface area contributed by atoms with Gasteiger partial charge in [0.05, 0.1) is 11.4 Å². The summed E-state index contributed by atoms with van der Waals surface area (Å²) in [4.78, 5) is 18.2. The van der Waals surface area contributed by atoms with Crippen molar-refractivity contribution >= 4 is 56.0 Å². The topological polar surface area (TPSA) is 82.1 Å². The molecule has 1 amide bonds. The molecule has 7 nitrogen and oxygen atoms in total. The van der Waals surface area contributed by atoms with Crippen LogP contribution in [0, 0.1) is 6.92 Å². The van der Waals surface area contributed by atoms with E-state index in [2.05, 4.69) is 32.8 Å². The summed E-state index contributed by atoms with van der Waals surface area (Å²) in [6, 6.07) is 11.7. The summed E-state index contributed by atoms with van der Waals surface area (Å²) in [5.41, 5.74) is 4.47. The third-order valence-corrected chi connectivity index (χ3v) is 9.04. The van der Waals surface area contributed by atoms with Crippen LogP contribution in [0.5, 0.6) is 0 Å². The molecule has 3 aliphatic heterocycles. The Balaban J connectivity index is 1.33.